The topological polar surface area (TPSA) is 94.8 Å². The first-order chi connectivity index (χ1) is 18.3. The molecule has 38 heavy (non-hydrogen) atoms. The van der Waals surface area contributed by atoms with Gasteiger partial charge in [0.1, 0.15) is 5.82 Å². The number of nitrogens with one attached hydrogen (secondary N) is 1. The van der Waals surface area contributed by atoms with E-state index in [9.17, 15) is 9.59 Å². The highest BCUT2D eigenvalue weighted by Crippen LogP contribution is 2.33. The molecule has 3 aromatic carbocycles. The fourth-order valence-electron chi connectivity index (χ4n) is 3.94. The Labute approximate surface area is 228 Å². The number of hydrogen-bond donors (Lipinski definition) is 1. The molecule has 8 nitrogen and oxygen atoms in total. The van der Waals surface area contributed by atoms with E-state index < -0.39 is 0 Å². The van der Waals surface area contributed by atoms with Crippen molar-refractivity contribution in [1.29, 1.82) is 0 Å². The maximum absolute atomic E-state index is 13.1. The molecule has 0 saturated heterocycles. The van der Waals surface area contributed by atoms with Gasteiger partial charge in [-0.1, -0.05) is 40.2 Å². The second-order valence-electron chi connectivity index (χ2n) is 8.54. The Morgan fingerprint density at radius 1 is 1.18 bits per heavy atom. The number of nitrogens with zero attached hydrogens (tertiary/aromatic N) is 3. The third kappa shape index (κ3) is 6.00. The number of aryl methyl sites for hydroxylation is 2. The second kappa shape index (κ2) is 11.9. The molecule has 0 fully saturated rings. The molecule has 0 spiro atoms. The van der Waals surface area contributed by atoms with Crippen molar-refractivity contribution in [2.75, 3.05) is 19.0 Å². The number of carbonyl (C=O) groups excluding carboxylic acids is 1. The minimum atomic E-state index is -0.290. The van der Waals surface area contributed by atoms with Crippen LogP contribution in [-0.2, 0) is 11.2 Å². The molecule has 0 aliphatic rings. The minimum absolute atomic E-state index is 0.199. The monoisotopic (exact) mass is 574 g/mol. The summed E-state index contributed by atoms with van der Waals surface area (Å²) in [5, 5.41) is 7.72. The van der Waals surface area contributed by atoms with Crippen LogP contribution in [0.15, 0.2) is 81.6 Å². The molecular formula is C29H27BrN4O4. The largest absolute Gasteiger partial charge is 0.493 e. The van der Waals surface area contributed by atoms with Crippen LogP contribution >= 0.6 is 15.9 Å². The molecule has 4 aromatic rings. The van der Waals surface area contributed by atoms with E-state index in [2.05, 4.69) is 37.9 Å². The molecule has 194 valence electrons. The summed E-state index contributed by atoms with van der Waals surface area (Å²) in [4.78, 5) is 30.1. The number of rotatable bonds is 9. The molecule has 0 aliphatic heterocycles. The van der Waals surface area contributed by atoms with Crippen molar-refractivity contribution in [2.24, 2.45) is 5.10 Å². The van der Waals surface area contributed by atoms with Crippen LogP contribution in [0, 0.1) is 13.8 Å². The van der Waals surface area contributed by atoms with Gasteiger partial charge in [0.05, 0.1) is 24.2 Å². The number of fused-ring (bicyclic) bond motifs is 1. The Hall–Kier alpha value is -4.24. The van der Waals surface area contributed by atoms with Gasteiger partial charge in [-0.05, 0) is 67.8 Å². The van der Waals surface area contributed by atoms with E-state index in [1.807, 2.05) is 43.3 Å². The normalized spacial score (nSPS) is 11.1. The van der Waals surface area contributed by atoms with Gasteiger partial charge in [0.2, 0.25) is 0 Å². The van der Waals surface area contributed by atoms with Crippen LogP contribution < -0.4 is 20.3 Å². The molecule has 0 atom stereocenters. The minimum Gasteiger partial charge on any atom is -0.493 e. The van der Waals surface area contributed by atoms with Crippen LogP contribution in [0.2, 0.25) is 0 Å². The van der Waals surface area contributed by atoms with Crippen molar-refractivity contribution in [3.8, 4) is 11.5 Å². The first-order valence-corrected chi connectivity index (χ1v) is 12.6. The molecule has 0 aliphatic carbocycles. The lowest BCUT2D eigenvalue weighted by molar-refractivity contribution is -0.118. The van der Waals surface area contributed by atoms with Crippen LogP contribution in [0.4, 0.5) is 5.69 Å². The zero-order chi connectivity index (χ0) is 27.2. The van der Waals surface area contributed by atoms with Crippen molar-refractivity contribution in [3.63, 3.8) is 0 Å². The van der Waals surface area contributed by atoms with Gasteiger partial charge in [-0.15, -0.1) is 6.58 Å². The van der Waals surface area contributed by atoms with Crippen LogP contribution in [0.1, 0.15) is 22.5 Å². The summed E-state index contributed by atoms with van der Waals surface area (Å²) >= 11 is 3.40. The van der Waals surface area contributed by atoms with E-state index in [-0.39, 0.29) is 18.1 Å². The summed E-state index contributed by atoms with van der Waals surface area (Å²) in [6.07, 6.45) is 3.76. The molecule has 0 unspecified atom stereocenters. The van der Waals surface area contributed by atoms with Crippen LogP contribution in [0.25, 0.3) is 10.9 Å². The van der Waals surface area contributed by atoms with Gasteiger partial charge < -0.3 is 14.8 Å². The summed E-state index contributed by atoms with van der Waals surface area (Å²) in [5.74, 6) is 1.04. The van der Waals surface area contributed by atoms with Gasteiger partial charge in [0.15, 0.2) is 18.1 Å². The highest BCUT2D eigenvalue weighted by molar-refractivity contribution is 9.10. The number of para-hydroxylation sites is 1. The van der Waals surface area contributed by atoms with Gasteiger partial charge in [0.25, 0.3) is 11.5 Å². The fourth-order valence-corrected chi connectivity index (χ4v) is 4.30. The molecule has 1 amide bonds. The summed E-state index contributed by atoms with van der Waals surface area (Å²) < 4.78 is 13.5. The quantitative estimate of drug-likeness (QED) is 0.213. The Morgan fingerprint density at radius 2 is 1.97 bits per heavy atom. The Balaban J connectivity index is 1.61. The SMILES string of the molecule is C=CCc1cc(C=Nn2c(C)nc3ccc(Br)cc3c2=O)cc(OC)c1OCC(=O)Nc1ccccc1C. The average molecular weight is 575 g/mol. The first kappa shape index (κ1) is 26.8. The smallest absolute Gasteiger partial charge is 0.282 e. The lowest BCUT2D eigenvalue weighted by Crippen LogP contribution is -2.21. The van der Waals surface area contributed by atoms with Crippen molar-refractivity contribution in [1.82, 2.24) is 9.66 Å². The Bertz CT molecular complexity index is 1610. The van der Waals surface area contributed by atoms with Gasteiger partial charge in [0, 0.05) is 15.7 Å². The predicted octanol–water partition coefficient (Wildman–Crippen LogP) is 5.41. The number of allylic oxidation sites excluding steroid dienone is 1. The Morgan fingerprint density at radius 3 is 2.71 bits per heavy atom. The van der Waals surface area contributed by atoms with Gasteiger partial charge >= 0.3 is 0 Å². The second-order valence-corrected chi connectivity index (χ2v) is 9.45. The number of ether oxygens (including phenoxy) is 2. The number of amides is 1. The van der Waals surface area contributed by atoms with E-state index in [4.69, 9.17) is 9.47 Å². The summed E-state index contributed by atoms with van der Waals surface area (Å²) in [6, 6.07) is 16.5. The third-order valence-corrected chi connectivity index (χ3v) is 6.29. The standard InChI is InChI=1S/C29H27BrN4O4/c1-5-8-21-13-20(16-31-34-19(3)32-25-12-11-22(30)15-23(25)29(34)36)14-26(37-4)28(21)38-17-27(35)33-24-10-7-6-9-18(24)2/h5-7,9-16H,1,8,17H2,2-4H3,(H,33,35). The molecule has 9 heteroatoms. The number of benzene rings is 3. The molecule has 1 N–H and O–H groups in total. The van der Waals surface area contributed by atoms with E-state index in [1.165, 1.54) is 11.8 Å². The number of carbonyl (C=O) groups is 1. The van der Waals surface area contributed by atoms with Crippen LogP contribution in [0.3, 0.4) is 0 Å². The highest BCUT2D eigenvalue weighted by atomic mass is 79.9. The number of methoxy groups -OCH3 is 1. The highest BCUT2D eigenvalue weighted by Gasteiger charge is 2.15. The first-order valence-electron chi connectivity index (χ1n) is 11.8. The lowest BCUT2D eigenvalue weighted by atomic mass is 10.1. The molecule has 0 bridgehead atoms. The molecule has 0 saturated carbocycles. The van der Waals surface area contributed by atoms with Crippen LogP contribution in [-0.4, -0.2) is 35.5 Å². The Kier molecular flexibility index (Phi) is 8.38. The van der Waals surface area contributed by atoms with Crippen LogP contribution in [0.5, 0.6) is 11.5 Å². The average Bonchev–Trinajstić information content (AvgIpc) is 2.89. The summed E-state index contributed by atoms with van der Waals surface area (Å²) in [5.41, 5.74) is 3.45. The van der Waals surface area contributed by atoms with Gasteiger partial charge in [-0.2, -0.15) is 9.78 Å². The van der Waals surface area contributed by atoms with Gasteiger partial charge in [-0.3, -0.25) is 9.59 Å². The van der Waals surface area contributed by atoms with Crippen molar-refractivity contribution < 1.29 is 14.3 Å². The number of halogens is 1. The molecule has 0 radical (unpaired) electrons. The maximum Gasteiger partial charge on any atom is 0.282 e. The van der Waals surface area contributed by atoms with E-state index in [0.717, 1.165) is 21.3 Å². The predicted molar refractivity (Wildman–Crippen MR) is 154 cm³/mol. The van der Waals surface area contributed by atoms with Crippen molar-refractivity contribution in [2.45, 2.75) is 20.3 Å². The van der Waals surface area contributed by atoms with Crippen molar-refractivity contribution >= 4 is 44.6 Å². The molecular weight excluding hydrogens is 548 g/mol. The number of hydrogen-bond acceptors (Lipinski definition) is 6. The van der Waals surface area contributed by atoms with E-state index in [0.29, 0.717) is 40.2 Å². The zero-order valence-electron chi connectivity index (χ0n) is 21.3. The van der Waals surface area contributed by atoms with Gasteiger partial charge in [-0.25, -0.2) is 4.98 Å². The molecule has 1 heterocycles. The summed E-state index contributed by atoms with van der Waals surface area (Å²) in [6.45, 7) is 7.28. The van der Waals surface area contributed by atoms with Crippen molar-refractivity contribution in [3.05, 3.63) is 105 Å². The summed E-state index contributed by atoms with van der Waals surface area (Å²) in [7, 11) is 1.52. The fraction of sp³-hybridized carbons (Fsp3) is 0.172. The van der Waals surface area contributed by atoms with E-state index >= 15 is 0 Å². The molecule has 1 aromatic heterocycles. The maximum atomic E-state index is 13.1. The number of anilines is 1. The number of aromatic nitrogens is 2. The molecule has 4 rings (SSSR count). The lowest BCUT2D eigenvalue weighted by Gasteiger charge is -2.16. The third-order valence-electron chi connectivity index (χ3n) is 5.80. The van der Waals surface area contributed by atoms with E-state index in [1.54, 1.807) is 37.4 Å². The zero-order valence-corrected chi connectivity index (χ0v) is 22.9.